The van der Waals surface area contributed by atoms with Crippen LogP contribution in [0.5, 0.6) is 5.75 Å². The summed E-state index contributed by atoms with van der Waals surface area (Å²) in [6.45, 7) is 2.42. The van der Waals surface area contributed by atoms with Crippen LogP contribution in [-0.4, -0.2) is 39.8 Å². The summed E-state index contributed by atoms with van der Waals surface area (Å²) in [5.41, 5.74) is 2.49. The fraction of sp³-hybridized carbons (Fsp3) is 0.278. The van der Waals surface area contributed by atoms with Gasteiger partial charge in [0.15, 0.2) is 10.8 Å². The molecule has 0 saturated carbocycles. The number of amides is 1. The number of pyridine rings is 1. The molecule has 0 fully saturated rings. The molecule has 1 amide bonds. The summed E-state index contributed by atoms with van der Waals surface area (Å²) in [7, 11) is 1.64. The minimum atomic E-state index is -0.276. The lowest BCUT2D eigenvalue weighted by atomic mass is 10.1. The number of fused-ring (bicyclic) bond motifs is 1. The first-order chi connectivity index (χ1) is 12.5. The summed E-state index contributed by atoms with van der Waals surface area (Å²) in [6, 6.07) is 9.58. The van der Waals surface area contributed by atoms with Crippen molar-refractivity contribution in [2.45, 2.75) is 23.8 Å². The zero-order chi connectivity index (χ0) is 18.5. The zero-order valence-electron chi connectivity index (χ0n) is 14.5. The van der Waals surface area contributed by atoms with Gasteiger partial charge in [-0.25, -0.2) is 9.97 Å². The predicted octanol–water partition coefficient (Wildman–Crippen LogP) is 3.46. The van der Waals surface area contributed by atoms with E-state index in [4.69, 9.17) is 16.3 Å². The Labute approximate surface area is 160 Å². The monoisotopic (exact) mass is 390 g/mol. The number of carbonyl (C=O) groups is 1. The quantitative estimate of drug-likeness (QED) is 0.604. The van der Waals surface area contributed by atoms with Gasteiger partial charge in [-0.05, 0) is 37.1 Å². The van der Waals surface area contributed by atoms with Gasteiger partial charge in [-0.15, -0.1) is 0 Å². The summed E-state index contributed by atoms with van der Waals surface area (Å²) >= 11 is 7.28. The van der Waals surface area contributed by atoms with Crippen molar-refractivity contribution in [3.63, 3.8) is 0 Å². The smallest absolute Gasteiger partial charge is 0.233 e. The molecule has 0 bridgehead atoms. The highest BCUT2D eigenvalue weighted by atomic mass is 35.5. The Morgan fingerprint density at radius 1 is 1.38 bits per heavy atom. The number of carbonyl (C=O) groups excluding carboxylic acids is 1. The molecule has 2 aromatic heterocycles. The van der Waals surface area contributed by atoms with Gasteiger partial charge in [0, 0.05) is 12.7 Å². The van der Waals surface area contributed by atoms with Crippen molar-refractivity contribution in [2.75, 3.05) is 13.7 Å². The number of aromatic nitrogens is 3. The van der Waals surface area contributed by atoms with E-state index in [1.54, 1.807) is 19.4 Å². The summed E-state index contributed by atoms with van der Waals surface area (Å²) < 4.78 is 5.14. The number of benzene rings is 1. The molecule has 2 N–H and O–H groups in total. The van der Waals surface area contributed by atoms with Crippen molar-refractivity contribution >= 4 is 40.4 Å². The van der Waals surface area contributed by atoms with Gasteiger partial charge >= 0.3 is 0 Å². The molecule has 136 valence electrons. The molecule has 3 aromatic rings. The minimum Gasteiger partial charge on any atom is -0.497 e. The highest BCUT2D eigenvalue weighted by molar-refractivity contribution is 8.00. The van der Waals surface area contributed by atoms with Crippen molar-refractivity contribution in [1.82, 2.24) is 20.3 Å². The summed E-state index contributed by atoms with van der Waals surface area (Å²) in [6.07, 6.45) is 2.31. The van der Waals surface area contributed by atoms with Crippen LogP contribution >= 0.6 is 23.4 Å². The normalized spacial score (nSPS) is 12.1. The molecule has 6 nitrogen and oxygen atoms in total. The fourth-order valence-corrected chi connectivity index (χ4v) is 3.39. The molecule has 0 radical (unpaired) electrons. The number of H-pyrrole nitrogens is 1. The minimum absolute atomic E-state index is 0.0324. The molecule has 3 rings (SSSR count). The molecule has 2 heterocycles. The van der Waals surface area contributed by atoms with Gasteiger partial charge in [0.05, 0.1) is 22.9 Å². The Balaban J connectivity index is 1.50. The molecular formula is C18H19ClN4O2S. The van der Waals surface area contributed by atoms with E-state index in [2.05, 4.69) is 20.3 Å². The van der Waals surface area contributed by atoms with E-state index < -0.39 is 0 Å². The van der Waals surface area contributed by atoms with Gasteiger partial charge < -0.3 is 15.0 Å². The number of rotatable bonds is 7. The predicted molar refractivity (Wildman–Crippen MR) is 104 cm³/mol. The molecule has 0 aliphatic heterocycles. The Morgan fingerprint density at radius 2 is 2.15 bits per heavy atom. The molecule has 0 spiro atoms. The van der Waals surface area contributed by atoms with Crippen LogP contribution in [-0.2, 0) is 11.2 Å². The number of hydrogen-bond donors (Lipinski definition) is 2. The Morgan fingerprint density at radius 3 is 2.88 bits per heavy atom. The van der Waals surface area contributed by atoms with E-state index in [1.165, 1.54) is 11.8 Å². The van der Waals surface area contributed by atoms with Crippen molar-refractivity contribution < 1.29 is 9.53 Å². The van der Waals surface area contributed by atoms with Crippen LogP contribution in [0.25, 0.3) is 11.2 Å². The number of halogens is 1. The average Bonchev–Trinajstić information content (AvgIpc) is 3.03. The molecule has 0 unspecified atom stereocenters. The number of thioether (sulfide) groups is 1. The van der Waals surface area contributed by atoms with Crippen molar-refractivity contribution in [3.05, 3.63) is 47.1 Å². The largest absolute Gasteiger partial charge is 0.497 e. The summed E-state index contributed by atoms with van der Waals surface area (Å²) in [5.74, 6) is 0.791. The summed E-state index contributed by atoms with van der Waals surface area (Å²) in [4.78, 5) is 23.9. The number of methoxy groups -OCH3 is 1. The van der Waals surface area contributed by atoms with E-state index in [9.17, 15) is 4.79 Å². The van der Waals surface area contributed by atoms with Crippen LogP contribution in [0, 0.1) is 0 Å². The highest BCUT2D eigenvalue weighted by Crippen LogP contribution is 2.24. The maximum absolute atomic E-state index is 12.3. The van der Waals surface area contributed by atoms with Crippen LogP contribution < -0.4 is 10.1 Å². The van der Waals surface area contributed by atoms with E-state index in [0.29, 0.717) is 22.4 Å². The Bertz CT molecular complexity index is 898. The SMILES string of the molecule is COc1ccc(CCNC(=O)[C@H](C)Sc2nc3ncc(Cl)cc3[nH]2)cc1. The molecule has 0 saturated heterocycles. The van der Waals surface area contributed by atoms with E-state index >= 15 is 0 Å². The topological polar surface area (TPSA) is 79.9 Å². The fourth-order valence-electron chi connectivity index (χ4n) is 2.40. The van der Waals surface area contributed by atoms with Gasteiger partial charge in [0.25, 0.3) is 0 Å². The first-order valence-corrected chi connectivity index (χ1v) is 9.39. The second-order valence-corrected chi connectivity index (χ2v) is 7.48. The van der Waals surface area contributed by atoms with Gasteiger partial charge in [-0.2, -0.15) is 0 Å². The number of imidazole rings is 1. The van der Waals surface area contributed by atoms with E-state index in [-0.39, 0.29) is 11.2 Å². The maximum Gasteiger partial charge on any atom is 0.233 e. The van der Waals surface area contributed by atoms with Crippen molar-refractivity contribution in [1.29, 1.82) is 0 Å². The molecule has 8 heteroatoms. The second kappa shape index (κ2) is 8.42. The van der Waals surface area contributed by atoms with E-state index in [0.717, 1.165) is 23.3 Å². The number of nitrogens with zero attached hydrogens (tertiary/aromatic N) is 2. The lowest BCUT2D eigenvalue weighted by Crippen LogP contribution is -2.32. The molecule has 0 aliphatic rings. The molecule has 1 aromatic carbocycles. The van der Waals surface area contributed by atoms with Crippen LogP contribution in [0.4, 0.5) is 0 Å². The zero-order valence-corrected chi connectivity index (χ0v) is 16.0. The number of aromatic amines is 1. The number of ether oxygens (including phenoxy) is 1. The van der Waals surface area contributed by atoms with Gasteiger partial charge in [-0.1, -0.05) is 35.5 Å². The first-order valence-electron chi connectivity index (χ1n) is 8.13. The number of hydrogen-bond acceptors (Lipinski definition) is 5. The van der Waals surface area contributed by atoms with Crippen LogP contribution in [0.2, 0.25) is 5.02 Å². The van der Waals surface area contributed by atoms with Crippen molar-refractivity contribution in [3.8, 4) is 5.75 Å². The lowest BCUT2D eigenvalue weighted by molar-refractivity contribution is -0.120. The van der Waals surface area contributed by atoms with Crippen LogP contribution in [0.3, 0.4) is 0 Å². The second-order valence-electron chi connectivity index (χ2n) is 5.72. The van der Waals surface area contributed by atoms with Gasteiger partial charge in [-0.3, -0.25) is 4.79 Å². The molecule has 1 atom stereocenters. The summed E-state index contributed by atoms with van der Waals surface area (Å²) in [5, 5.41) is 3.87. The Kier molecular flexibility index (Phi) is 6.00. The Hall–Kier alpha value is -2.25. The number of nitrogens with one attached hydrogen (secondary N) is 2. The van der Waals surface area contributed by atoms with Gasteiger partial charge in [0.2, 0.25) is 5.91 Å². The van der Waals surface area contributed by atoms with Crippen LogP contribution in [0.15, 0.2) is 41.7 Å². The molecular weight excluding hydrogens is 372 g/mol. The third-order valence-corrected chi connectivity index (χ3v) is 5.00. The van der Waals surface area contributed by atoms with Gasteiger partial charge in [0.1, 0.15) is 5.75 Å². The van der Waals surface area contributed by atoms with Crippen LogP contribution in [0.1, 0.15) is 12.5 Å². The lowest BCUT2D eigenvalue weighted by Gasteiger charge is -2.10. The molecule has 26 heavy (non-hydrogen) atoms. The standard InChI is InChI=1S/C18H19ClN4O2S/c1-11(26-18-22-15-9-13(19)10-21-16(15)23-18)17(24)20-8-7-12-3-5-14(25-2)6-4-12/h3-6,9-11H,7-8H2,1-2H3,(H,20,24)(H,21,22,23)/t11-/m0/s1. The first kappa shape index (κ1) is 18.5. The molecule has 0 aliphatic carbocycles. The third-order valence-electron chi connectivity index (χ3n) is 3.81. The average molecular weight is 391 g/mol. The maximum atomic E-state index is 12.3. The third kappa shape index (κ3) is 4.68. The highest BCUT2D eigenvalue weighted by Gasteiger charge is 2.16. The van der Waals surface area contributed by atoms with Crippen molar-refractivity contribution in [2.24, 2.45) is 0 Å². The van der Waals surface area contributed by atoms with E-state index in [1.807, 2.05) is 31.2 Å².